The van der Waals surface area contributed by atoms with Crippen molar-refractivity contribution in [2.24, 2.45) is 5.92 Å². The van der Waals surface area contributed by atoms with Crippen LogP contribution in [0.2, 0.25) is 0 Å². The highest BCUT2D eigenvalue weighted by Crippen LogP contribution is 2.46. The minimum atomic E-state index is -0.283. The molecule has 0 unspecified atom stereocenters. The molecule has 0 aliphatic carbocycles. The van der Waals surface area contributed by atoms with Gasteiger partial charge >= 0.3 is 0 Å². The van der Waals surface area contributed by atoms with Gasteiger partial charge in [0.2, 0.25) is 11.8 Å². The van der Waals surface area contributed by atoms with E-state index < -0.39 is 0 Å². The normalized spacial score (nSPS) is 18.0. The van der Waals surface area contributed by atoms with E-state index in [1.807, 2.05) is 36.2 Å². The molecule has 1 saturated heterocycles. The molecule has 1 aromatic heterocycles. The van der Waals surface area contributed by atoms with E-state index in [-0.39, 0.29) is 29.9 Å². The van der Waals surface area contributed by atoms with Gasteiger partial charge in [-0.15, -0.1) is 11.3 Å². The van der Waals surface area contributed by atoms with Gasteiger partial charge in [-0.2, -0.15) is 0 Å². The molecule has 0 atom stereocenters. The first kappa shape index (κ1) is 20.1. The van der Waals surface area contributed by atoms with Crippen molar-refractivity contribution in [3.05, 3.63) is 46.8 Å². The summed E-state index contributed by atoms with van der Waals surface area (Å²) in [6.45, 7) is 5.78. The summed E-state index contributed by atoms with van der Waals surface area (Å²) in [6, 6.07) is 12.8. The van der Waals surface area contributed by atoms with Crippen LogP contribution in [-0.2, 0) is 26.3 Å². The molecule has 1 aromatic carbocycles. The van der Waals surface area contributed by atoms with Crippen LogP contribution in [0.15, 0.2) is 36.4 Å². The van der Waals surface area contributed by atoms with E-state index in [4.69, 9.17) is 4.74 Å². The summed E-state index contributed by atoms with van der Waals surface area (Å²) in [5, 5.41) is 2.73. The molecule has 1 fully saturated rings. The van der Waals surface area contributed by atoms with Crippen LogP contribution in [0.25, 0.3) is 10.4 Å². The second kappa shape index (κ2) is 8.28. The molecule has 0 radical (unpaired) electrons. The zero-order chi connectivity index (χ0) is 20.4. The molecular weight excluding hydrogens is 384 g/mol. The van der Waals surface area contributed by atoms with Crippen LogP contribution < -0.4 is 5.32 Å². The minimum Gasteiger partial charge on any atom is -0.370 e. The lowest BCUT2D eigenvalue weighted by Crippen LogP contribution is -2.50. The number of carbonyl (C=O) groups is 2. The van der Waals surface area contributed by atoms with E-state index in [9.17, 15) is 9.59 Å². The zero-order valence-electron chi connectivity index (χ0n) is 17.1. The first-order valence-corrected chi connectivity index (χ1v) is 11.2. The second-order valence-electron chi connectivity index (χ2n) is 8.16. The quantitative estimate of drug-likeness (QED) is 0.835. The molecule has 0 saturated carbocycles. The predicted molar refractivity (Wildman–Crippen MR) is 115 cm³/mol. The van der Waals surface area contributed by atoms with Crippen molar-refractivity contribution in [1.82, 2.24) is 10.2 Å². The highest BCUT2D eigenvalue weighted by atomic mass is 32.1. The van der Waals surface area contributed by atoms with Gasteiger partial charge in [0.1, 0.15) is 0 Å². The fraction of sp³-hybridized carbons (Fsp3) is 0.478. The lowest BCUT2D eigenvalue weighted by atomic mass is 9.82. The van der Waals surface area contributed by atoms with E-state index >= 15 is 0 Å². The number of ether oxygens (including phenoxy) is 1. The van der Waals surface area contributed by atoms with Crippen LogP contribution in [0, 0.1) is 5.92 Å². The number of rotatable bonds is 4. The Balaban J connectivity index is 1.45. The third kappa shape index (κ3) is 4.09. The van der Waals surface area contributed by atoms with Gasteiger partial charge < -0.3 is 15.0 Å². The highest BCUT2D eigenvalue weighted by Gasteiger charge is 2.42. The van der Waals surface area contributed by atoms with Gasteiger partial charge in [-0.1, -0.05) is 44.2 Å². The van der Waals surface area contributed by atoms with Crippen molar-refractivity contribution in [3.8, 4) is 10.4 Å². The SMILES string of the molecule is CC(C)C(=O)NCC(=O)N1CCC2(CC1)OCCc1sc(-c3ccccc3)cc12. The number of nitrogens with one attached hydrogen (secondary N) is 1. The van der Waals surface area contributed by atoms with Crippen molar-refractivity contribution >= 4 is 23.2 Å². The molecule has 0 bridgehead atoms. The van der Waals surface area contributed by atoms with Crippen molar-refractivity contribution in [2.75, 3.05) is 26.2 Å². The number of carbonyl (C=O) groups excluding carboxylic acids is 2. The van der Waals surface area contributed by atoms with Gasteiger partial charge in [0, 0.05) is 35.2 Å². The third-order valence-corrected chi connectivity index (χ3v) is 7.17. The van der Waals surface area contributed by atoms with Gasteiger partial charge in [0.15, 0.2) is 0 Å². The van der Waals surface area contributed by atoms with E-state index in [1.54, 1.807) is 0 Å². The molecule has 2 amide bonds. The topological polar surface area (TPSA) is 58.6 Å². The fourth-order valence-electron chi connectivity index (χ4n) is 4.17. The summed E-state index contributed by atoms with van der Waals surface area (Å²) in [7, 11) is 0. The summed E-state index contributed by atoms with van der Waals surface area (Å²) in [5.74, 6) is -0.210. The van der Waals surface area contributed by atoms with Crippen molar-refractivity contribution < 1.29 is 14.3 Å². The Bertz CT molecular complexity index is 883. The van der Waals surface area contributed by atoms with Gasteiger partial charge in [-0.3, -0.25) is 9.59 Å². The Morgan fingerprint density at radius 3 is 2.62 bits per heavy atom. The van der Waals surface area contributed by atoms with E-state index in [1.165, 1.54) is 20.9 Å². The molecule has 4 rings (SSSR count). The van der Waals surface area contributed by atoms with Gasteiger partial charge in [-0.05, 0) is 30.0 Å². The monoisotopic (exact) mass is 412 g/mol. The lowest BCUT2D eigenvalue weighted by Gasteiger charge is -2.44. The average molecular weight is 413 g/mol. The summed E-state index contributed by atoms with van der Waals surface area (Å²) in [4.78, 5) is 28.8. The summed E-state index contributed by atoms with van der Waals surface area (Å²) < 4.78 is 6.34. The zero-order valence-corrected chi connectivity index (χ0v) is 17.9. The number of piperidine rings is 1. The van der Waals surface area contributed by atoms with Crippen LogP contribution in [0.4, 0.5) is 0 Å². The molecule has 1 N–H and O–H groups in total. The lowest BCUT2D eigenvalue weighted by molar-refractivity contribution is -0.141. The molecule has 29 heavy (non-hydrogen) atoms. The van der Waals surface area contributed by atoms with Gasteiger partial charge in [-0.25, -0.2) is 0 Å². The summed E-state index contributed by atoms with van der Waals surface area (Å²) >= 11 is 1.87. The Hall–Kier alpha value is -2.18. The Morgan fingerprint density at radius 1 is 1.21 bits per heavy atom. The molecular formula is C23H28N2O3S. The number of likely N-dealkylation sites (tertiary alicyclic amines) is 1. The molecule has 2 aromatic rings. The fourth-order valence-corrected chi connectivity index (χ4v) is 5.41. The van der Waals surface area contributed by atoms with Gasteiger partial charge in [0.25, 0.3) is 0 Å². The molecule has 1 spiro atoms. The van der Waals surface area contributed by atoms with E-state index in [0.717, 1.165) is 25.9 Å². The third-order valence-electron chi connectivity index (χ3n) is 5.93. The maximum absolute atomic E-state index is 12.5. The maximum Gasteiger partial charge on any atom is 0.241 e. The molecule has 2 aliphatic heterocycles. The minimum absolute atomic E-state index is 0.0137. The smallest absolute Gasteiger partial charge is 0.241 e. The van der Waals surface area contributed by atoms with Crippen molar-refractivity contribution in [2.45, 2.75) is 38.7 Å². The number of amides is 2. The maximum atomic E-state index is 12.5. The number of hydrogen-bond donors (Lipinski definition) is 1. The first-order chi connectivity index (χ1) is 14.0. The number of hydrogen-bond acceptors (Lipinski definition) is 4. The highest BCUT2D eigenvalue weighted by molar-refractivity contribution is 7.15. The number of benzene rings is 1. The first-order valence-electron chi connectivity index (χ1n) is 10.4. The van der Waals surface area contributed by atoms with Crippen molar-refractivity contribution in [3.63, 3.8) is 0 Å². The molecule has 2 aliphatic rings. The molecule has 6 heteroatoms. The summed E-state index contributed by atoms with van der Waals surface area (Å²) in [5.41, 5.74) is 2.28. The van der Waals surface area contributed by atoms with Crippen LogP contribution in [0.3, 0.4) is 0 Å². The van der Waals surface area contributed by atoms with Crippen molar-refractivity contribution in [1.29, 1.82) is 0 Å². The Morgan fingerprint density at radius 2 is 1.93 bits per heavy atom. The average Bonchev–Trinajstić information content (AvgIpc) is 3.19. The van der Waals surface area contributed by atoms with Crippen LogP contribution in [0.5, 0.6) is 0 Å². The predicted octanol–water partition coefficient (Wildman–Crippen LogP) is 3.58. The standard InChI is InChI=1S/C23H28N2O3S/c1-16(2)22(27)24-15-21(26)25-11-9-23(10-12-25)18-14-20(17-6-4-3-5-7-17)29-19(18)8-13-28-23/h3-7,14,16H,8-13,15H2,1-2H3,(H,24,27). The largest absolute Gasteiger partial charge is 0.370 e. The number of fused-ring (bicyclic) bond motifs is 2. The Kier molecular flexibility index (Phi) is 5.74. The molecule has 5 nitrogen and oxygen atoms in total. The van der Waals surface area contributed by atoms with Crippen LogP contribution in [0.1, 0.15) is 37.1 Å². The van der Waals surface area contributed by atoms with Crippen LogP contribution in [-0.4, -0.2) is 43.0 Å². The molecule has 3 heterocycles. The van der Waals surface area contributed by atoms with E-state index in [0.29, 0.717) is 13.1 Å². The van der Waals surface area contributed by atoms with Crippen LogP contribution >= 0.6 is 11.3 Å². The second-order valence-corrected chi connectivity index (χ2v) is 9.30. The number of nitrogens with zero attached hydrogens (tertiary/aromatic N) is 1. The number of thiophene rings is 1. The van der Waals surface area contributed by atoms with E-state index in [2.05, 4.69) is 35.6 Å². The summed E-state index contributed by atoms with van der Waals surface area (Å²) in [6.07, 6.45) is 2.56. The van der Waals surface area contributed by atoms with Gasteiger partial charge in [0.05, 0.1) is 18.8 Å². The Labute approximate surface area is 176 Å². The molecule has 154 valence electrons.